The van der Waals surface area contributed by atoms with E-state index in [0.717, 1.165) is 49.8 Å². The Balaban J connectivity index is 1.54. The molecule has 1 aliphatic rings. The second-order valence-electron chi connectivity index (χ2n) is 5.49. The third kappa shape index (κ3) is 3.63. The molecule has 0 amide bonds. The average Bonchev–Trinajstić information content (AvgIpc) is 2.96. The first kappa shape index (κ1) is 15.4. The predicted molar refractivity (Wildman–Crippen MR) is 88.8 cm³/mol. The van der Waals surface area contributed by atoms with Crippen LogP contribution >= 0.6 is 11.3 Å². The van der Waals surface area contributed by atoms with E-state index in [0.29, 0.717) is 12.2 Å². The van der Waals surface area contributed by atoms with Crippen molar-refractivity contribution in [1.82, 2.24) is 9.88 Å². The molecule has 2 heterocycles. The summed E-state index contributed by atoms with van der Waals surface area (Å²) in [7, 11) is 0. The molecule has 0 unspecified atom stereocenters. The fraction of sp³-hybridized carbons (Fsp3) is 0.438. The van der Waals surface area contributed by atoms with Crippen LogP contribution in [0.15, 0.2) is 29.6 Å². The summed E-state index contributed by atoms with van der Waals surface area (Å²) in [5.41, 5.74) is 7.35. The Hall–Kier alpha value is -1.50. The molecule has 2 N–H and O–H groups in total. The van der Waals surface area contributed by atoms with Crippen LogP contribution in [-0.2, 0) is 13.0 Å². The molecule has 6 heteroatoms. The molecule has 3 rings (SSSR count). The van der Waals surface area contributed by atoms with E-state index in [1.807, 2.05) is 12.1 Å². The van der Waals surface area contributed by atoms with Crippen LogP contribution in [0.25, 0.3) is 0 Å². The zero-order chi connectivity index (χ0) is 15.4. The summed E-state index contributed by atoms with van der Waals surface area (Å²) in [6, 6.07) is 7.00. The lowest BCUT2D eigenvalue weighted by Crippen LogP contribution is -2.46. The Labute approximate surface area is 134 Å². The molecule has 2 aromatic rings. The molecule has 0 atom stereocenters. The number of para-hydroxylation sites is 1. The number of thiazole rings is 1. The number of nitrogens with zero attached hydrogens (tertiary/aromatic N) is 3. The number of hydrogen-bond acceptors (Lipinski definition) is 5. The number of halogens is 1. The lowest BCUT2D eigenvalue weighted by atomic mass is 10.2. The molecule has 1 saturated heterocycles. The third-order valence-corrected chi connectivity index (χ3v) is 4.81. The molecule has 118 valence electrons. The van der Waals surface area contributed by atoms with Crippen LogP contribution in [0.1, 0.15) is 10.7 Å². The van der Waals surface area contributed by atoms with Crippen LogP contribution in [0.5, 0.6) is 0 Å². The van der Waals surface area contributed by atoms with Crippen LogP contribution in [0, 0.1) is 5.82 Å². The van der Waals surface area contributed by atoms with Gasteiger partial charge < -0.3 is 10.6 Å². The molecule has 22 heavy (non-hydrogen) atoms. The van der Waals surface area contributed by atoms with Crippen LogP contribution in [0.4, 0.5) is 10.1 Å². The molecule has 1 aromatic carbocycles. The normalized spacial score (nSPS) is 16.2. The Morgan fingerprint density at radius 3 is 2.68 bits per heavy atom. The highest BCUT2D eigenvalue weighted by molar-refractivity contribution is 7.09. The number of anilines is 1. The largest absolute Gasteiger partial charge is 0.367 e. The lowest BCUT2D eigenvalue weighted by molar-refractivity contribution is 0.249. The summed E-state index contributed by atoms with van der Waals surface area (Å²) < 4.78 is 13.8. The van der Waals surface area contributed by atoms with Crippen molar-refractivity contribution in [2.24, 2.45) is 5.73 Å². The maximum absolute atomic E-state index is 13.8. The maximum Gasteiger partial charge on any atom is 0.146 e. The summed E-state index contributed by atoms with van der Waals surface area (Å²) in [5, 5.41) is 3.24. The van der Waals surface area contributed by atoms with Crippen molar-refractivity contribution in [1.29, 1.82) is 0 Å². The minimum atomic E-state index is -0.137. The number of piperazine rings is 1. The van der Waals surface area contributed by atoms with Crippen molar-refractivity contribution in [3.05, 3.63) is 46.2 Å². The van der Waals surface area contributed by atoms with Crippen molar-refractivity contribution in [3.63, 3.8) is 0 Å². The van der Waals surface area contributed by atoms with E-state index in [1.165, 1.54) is 6.07 Å². The van der Waals surface area contributed by atoms with Gasteiger partial charge in [0.25, 0.3) is 0 Å². The SMILES string of the molecule is NCCc1csc(CN2CCN(c3ccccc3F)CC2)n1. The Bertz CT molecular complexity index is 608. The van der Waals surface area contributed by atoms with E-state index < -0.39 is 0 Å². The number of benzene rings is 1. The van der Waals surface area contributed by atoms with Crippen LogP contribution in [0.3, 0.4) is 0 Å². The highest BCUT2D eigenvalue weighted by atomic mass is 32.1. The minimum Gasteiger partial charge on any atom is -0.367 e. The second-order valence-corrected chi connectivity index (χ2v) is 6.43. The molecule has 4 nitrogen and oxygen atoms in total. The first-order valence-corrected chi connectivity index (χ1v) is 8.49. The van der Waals surface area contributed by atoms with Gasteiger partial charge in [-0.3, -0.25) is 4.90 Å². The molecule has 0 bridgehead atoms. The molecular formula is C16H21FN4S. The Morgan fingerprint density at radius 1 is 1.18 bits per heavy atom. The first-order valence-electron chi connectivity index (χ1n) is 7.61. The number of hydrogen-bond donors (Lipinski definition) is 1. The quantitative estimate of drug-likeness (QED) is 0.916. The topological polar surface area (TPSA) is 45.4 Å². The van der Waals surface area contributed by atoms with Crippen molar-refractivity contribution in [3.8, 4) is 0 Å². The summed E-state index contributed by atoms with van der Waals surface area (Å²) >= 11 is 1.70. The summed E-state index contributed by atoms with van der Waals surface area (Å²) in [5.74, 6) is -0.137. The van der Waals surface area contributed by atoms with Crippen LogP contribution in [-0.4, -0.2) is 42.6 Å². The zero-order valence-electron chi connectivity index (χ0n) is 12.5. The smallest absolute Gasteiger partial charge is 0.146 e. The van der Waals surface area contributed by atoms with E-state index in [9.17, 15) is 4.39 Å². The van der Waals surface area contributed by atoms with Crippen LogP contribution in [0.2, 0.25) is 0 Å². The first-order chi connectivity index (χ1) is 10.8. The summed E-state index contributed by atoms with van der Waals surface area (Å²) in [6.45, 7) is 5.08. The highest BCUT2D eigenvalue weighted by Gasteiger charge is 2.20. The van der Waals surface area contributed by atoms with Crippen molar-refractivity contribution >= 4 is 17.0 Å². The molecule has 0 aliphatic carbocycles. The monoisotopic (exact) mass is 320 g/mol. The van der Waals surface area contributed by atoms with Crippen molar-refractivity contribution < 1.29 is 4.39 Å². The predicted octanol–water partition coefficient (Wildman–Crippen LogP) is 2.11. The van der Waals surface area contributed by atoms with Gasteiger partial charge in [0.2, 0.25) is 0 Å². The molecular weight excluding hydrogens is 299 g/mol. The van der Waals surface area contributed by atoms with Crippen molar-refractivity contribution in [2.45, 2.75) is 13.0 Å². The number of nitrogens with two attached hydrogens (primary N) is 1. The fourth-order valence-electron chi connectivity index (χ4n) is 2.73. The van der Waals surface area contributed by atoms with Gasteiger partial charge in [-0.1, -0.05) is 12.1 Å². The van der Waals surface area contributed by atoms with Crippen molar-refractivity contribution in [2.75, 3.05) is 37.6 Å². The Morgan fingerprint density at radius 2 is 1.95 bits per heavy atom. The highest BCUT2D eigenvalue weighted by Crippen LogP contribution is 2.21. The van der Waals surface area contributed by atoms with Gasteiger partial charge >= 0.3 is 0 Å². The summed E-state index contributed by atoms with van der Waals surface area (Å²) in [6.07, 6.45) is 0.845. The molecule has 1 fully saturated rings. The lowest BCUT2D eigenvalue weighted by Gasteiger charge is -2.35. The molecule has 0 spiro atoms. The van der Waals surface area contributed by atoms with E-state index in [4.69, 9.17) is 5.73 Å². The number of aromatic nitrogens is 1. The number of rotatable bonds is 5. The van der Waals surface area contributed by atoms with Gasteiger partial charge in [-0.15, -0.1) is 11.3 Å². The molecule has 1 aromatic heterocycles. The van der Waals surface area contributed by atoms with Gasteiger partial charge in [-0.25, -0.2) is 9.37 Å². The fourth-order valence-corrected chi connectivity index (χ4v) is 3.60. The average molecular weight is 320 g/mol. The third-order valence-electron chi connectivity index (χ3n) is 3.92. The standard InChI is InChI=1S/C16H21FN4S/c17-14-3-1-2-4-15(14)21-9-7-20(8-10-21)11-16-19-13(5-6-18)12-22-16/h1-4,12H,5-11,18H2. The summed E-state index contributed by atoms with van der Waals surface area (Å²) in [4.78, 5) is 9.10. The van der Waals surface area contributed by atoms with Gasteiger partial charge in [-0.2, -0.15) is 0 Å². The minimum absolute atomic E-state index is 0.137. The van der Waals surface area contributed by atoms with E-state index >= 15 is 0 Å². The molecule has 0 saturated carbocycles. The van der Waals surface area contributed by atoms with Gasteiger partial charge in [0, 0.05) is 38.0 Å². The van der Waals surface area contributed by atoms with E-state index in [-0.39, 0.29) is 5.82 Å². The van der Waals surface area contributed by atoms with E-state index in [1.54, 1.807) is 17.4 Å². The van der Waals surface area contributed by atoms with Crippen LogP contribution < -0.4 is 10.6 Å². The van der Waals surface area contributed by atoms with Gasteiger partial charge in [0.05, 0.1) is 17.9 Å². The van der Waals surface area contributed by atoms with Gasteiger partial charge in [0.15, 0.2) is 0 Å². The second kappa shape index (κ2) is 7.17. The molecule has 0 radical (unpaired) electrons. The Kier molecular flexibility index (Phi) is 5.02. The van der Waals surface area contributed by atoms with Gasteiger partial charge in [0.1, 0.15) is 10.8 Å². The maximum atomic E-state index is 13.8. The zero-order valence-corrected chi connectivity index (χ0v) is 13.4. The van der Waals surface area contributed by atoms with E-state index in [2.05, 4.69) is 20.2 Å². The van der Waals surface area contributed by atoms with Gasteiger partial charge in [-0.05, 0) is 18.7 Å². The molecule has 1 aliphatic heterocycles.